The number of ether oxygens (including phenoxy) is 1. The van der Waals surface area contributed by atoms with Gasteiger partial charge in [-0.1, -0.05) is 32.9 Å². The minimum Gasteiger partial charge on any atom is -0.457 e. The quantitative estimate of drug-likeness (QED) is 0.256. The number of carbonyl (C=O) groups is 2. The Hall–Kier alpha value is -4.70. The normalized spacial score (nSPS) is 11.9. The fourth-order valence-corrected chi connectivity index (χ4v) is 3.57. The molecule has 3 amide bonds. The molecule has 1 atom stereocenters. The van der Waals surface area contributed by atoms with Gasteiger partial charge < -0.3 is 21.1 Å². The number of pyridine rings is 1. The minimum atomic E-state index is -0.567. The smallest absolute Gasteiger partial charge is 0.324 e. The average molecular weight is 528 g/mol. The summed E-state index contributed by atoms with van der Waals surface area (Å²) in [6, 6.07) is 19.1. The number of rotatable bonds is 8. The summed E-state index contributed by atoms with van der Waals surface area (Å²) in [5.41, 5.74) is 8.49. The van der Waals surface area contributed by atoms with Gasteiger partial charge in [0.15, 0.2) is 0 Å². The van der Waals surface area contributed by atoms with Crippen molar-refractivity contribution < 1.29 is 14.3 Å². The van der Waals surface area contributed by atoms with E-state index in [1.54, 1.807) is 60.4 Å². The van der Waals surface area contributed by atoms with Gasteiger partial charge >= 0.3 is 6.03 Å². The third-order valence-corrected chi connectivity index (χ3v) is 5.78. The molecule has 0 aliphatic heterocycles. The molecule has 0 bridgehead atoms. The van der Waals surface area contributed by atoms with Gasteiger partial charge in [0.2, 0.25) is 5.91 Å². The Balaban J connectivity index is 1.46. The van der Waals surface area contributed by atoms with E-state index in [4.69, 9.17) is 15.6 Å². The Morgan fingerprint density at radius 3 is 2.21 bits per heavy atom. The van der Waals surface area contributed by atoms with Crippen molar-refractivity contribution in [1.29, 1.82) is 0 Å². The average Bonchev–Trinajstić information content (AvgIpc) is 3.33. The highest BCUT2D eigenvalue weighted by Crippen LogP contribution is 2.27. The topological polar surface area (TPSA) is 136 Å². The van der Waals surface area contributed by atoms with Crippen molar-refractivity contribution in [1.82, 2.24) is 20.1 Å². The number of benzene rings is 2. The fraction of sp³-hybridized carbons (Fsp3) is 0.241. The number of aromatic nitrogens is 3. The number of anilines is 2. The first kappa shape index (κ1) is 27.3. The molecule has 0 spiro atoms. The monoisotopic (exact) mass is 527 g/mol. The van der Waals surface area contributed by atoms with Gasteiger partial charge in [-0.2, -0.15) is 5.10 Å². The molecule has 39 heavy (non-hydrogen) atoms. The van der Waals surface area contributed by atoms with Crippen molar-refractivity contribution in [2.45, 2.75) is 45.7 Å². The molecule has 0 fully saturated rings. The number of hydrogen-bond acceptors (Lipinski definition) is 6. The standard InChI is InChI=1S/C29H33N7O3/c1-19(30)27(37)32-18-20-5-9-22(10-6-20)36-26(17-25(35-36)29(2,3)4)34-28(38)33-21-7-11-23(12-8-21)39-24-13-15-31-16-14-24/h5-17,19H,18,30H2,1-4H3,(H,32,37)(H2,33,34,38)/t19-/m0/s1. The van der Waals surface area contributed by atoms with E-state index in [0.717, 1.165) is 16.9 Å². The van der Waals surface area contributed by atoms with Gasteiger partial charge in [-0.05, 0) is 61.0 Å². The van der Waals surface area contributed by atoms with Crippen LogP contribution in [-0.4, -0.2) is 32.7 Å². The zero-order chi connectivity index (χ0) is 28.0. The lowest BCUT2D eigenvalue weighted by Crippen LogP contribution is -2.37. The molecule has 4 rings (SSSR count). The van der Waals surface area contributed by atoms with Crippen LogP contribution >= 0.6 is 0 Å². The maximum absolute atomic E-state index is 12.9. The predicted molar refractivity (Wildman–Crippen MR) is 151 cm³/mol. The summed E-state index contributed by atoms with van der Waals surface area (Å²) in [6.45, 7) is 8.18. The van der Waals surface area contributed by atoms with Crippen LogP contribution in [0.25, 0.3) is 5.69 Å². The van der Waals surface area contributed by atoms with Crippen molar-refractivity contribution in [3.8, 4) is 17.2 Å². The maximum atomic E-state index is 12.9. The van der Waals surface area contributed by atoms with E-state index in [1.165, 1.54) is 0 Å². The molecular weight excluding hydrogens is 494 g/mol. The first-order valence-electron chi connectivity index (χ1n) is 12.6. The second-order valence-corrected chi connectivity index (χ2v) is 10.1. The number of nitrogens with two attached hydrogens (primary N) is 1. The number of nitrogens with zero attached hydrogens (tertiary/aromatic N) is 3. The number of nitrogens with one attached hydrogen (secondary N) is 3. The molecular formula is C29H33N7O3. The van der Waals surface area contributed by atoms with Crippen LogP contribution in [0.1, 0.15) is 39.0 Å². The van der Waals surface area contributed by atoms with Crippen LogP contribution in [0.15, 0.2) is 79.1 Å². The molecule has 5 N–H and O–H groups in total. The molecule has 0 aliphatic rings. The molecule has 0 unspecified atom stereocenters. The van der Waals surface area contributed by atoms with E-state index < -0.39 is 12.1 Å². The Morgan fingerprint density at radius 1 is 0.949 bits per heavy atom. The summed E-state index contributed by atoms with van der Waals surface area (Å²) in [4.78, 5) is 28.6. The first-order chi connectivity index (χ1) is 18.6. The third kappa shape index (κ3) is 7.42. The van der Waals surface area contributed by atoms with E-state index in [0.29, 0.717) is 29.5 Å². The lowest BCUT2D eigenvalue weighted by molar-refractivity contribution is -0.122. The molecule has 0 aliphatic carbocycles. The third-order valence-electron chi connectivity index (χ3n) is 5.78. The van der Waals surface area contributed by atoms with Crippen LogP contribution in [0.5, 0.6) is 11.5 Å². The molecule has 10 heteroatoms. The van der Waals surface area contributed by atoms with E-state index in [2.05, 4.69) is 41.7 Å². The van der Waals surface area contributed by atoms with Gasteiger partial charge in [-0.25, -0.2) is 9.48 Å². The zero-order valence-corrected chi connectivity index (χ0v) is 22.4. The molecule has 10 nitrogen and oxygen atoms in total. The molecule has 0 radical (unpaired) electrons. The fourth-order valence-electron chi connectivity index (χ4n) is 3.57. The summed E-state index contributed by atoms with van der Waals surface area (Å²) in [6.07, 6.45) is 3.31. The highest BCUT2D eigenvalue weighted by atomic mass is 16.5. The largest absolute Gasteiger partial charge is 0.457 e. The summed E-state index contributed by atoms with van der Waals surface area (Å²) >= 11 is 0. The Bertz CT molecular complexity index is 1410. The van der Waals surface area contributed by atoms with Crippen LogP contribution in [-0.2, 0) is 16.8 Å². The maximum Gasteiger partial charge on any atom is 0.324 e. The van der Waals surface area contributed by atoms with Gasteiger partial charge in [-0.15, -0.1) is 0 Å². The van der Waals surface area contributed by atoms with Crippen molar-refractivity contribution in [2.75, 3.05) is 10.6 Å². The molecule has 202 valence electrons. The van der Waals surface area contributed by atoms with Crippen molar-refractivity contribution in [3.05, 3.63) is 90.4 Å². The van der Waals surface area contributed by atoms with Gasteiger partial charge in [0.25, 0.3) is 0 Å². The van der Waals surface area contributed by atoms with Gasteiger partial charge in [-0.3, -0.25) is 15.1 Å². The number of amides is 3. The summed E-state index contributed by atoms with van der Waals surface area (Å²) in [7, 11) is 0. The highest BCUT2D eigenvalue weighted by Gasteiger charge is 2.21. The first-order valence-corrected chi connectivity index (χ1v) is 12.6. The van der Waals surface area contributed by atoms with Crippen molar-refractivity contribution >= 4 is 23.4 Å². The van der Waals surface area contributed by atoms with Crippen LogP contribution < -0.4 is 26.4 Å². The summed E-state index contributed by atoms with van der Waals surface area (Å²) < 4.78 is 7.46. The summed E-state index contributed by atoms with van der Waals surface area (Å²) in [5, 5.41) is 13.3. The molecule has 0 saturated heterocycles. The van der Waals surface area contributed by atoms with E-state index in [1.807, 2.05) is 30.3 Å². The Morgan fingerprint density at radius 2 is 1.59 bits per heavy atom. The minimum absolute atomic E-state index is 0.214. The molecule has 2 heterocycles. The lowest BCUT2D eigenvalue weighted by atomic mass is 9.92. The van der Waals surface area contributed by atoms with Crippen LogP contribution in [0.3, 0.4) is 0 Å². The molecule has 0 saturated carbocycles. The number of hydrogen-bond donors (Lipinski definition) is 4. The molecule has 4 aromatic rings. The molecule has 2 aromatic carbocycles. The van der Waals surface area contributed by atoms with Crippen molar-refractivity contribution in [2.24, 2.45) is 5.73 Å². The Labute approximate surface area is 227 Å². The van der Waals surface area contributed by atoms with E-state index in [9.17, 15) is 9.59 Å². The van der Waals surface area contributed by atoms with E-state index in [-0.39, 0.29) is 11.3 Å². The van der Waals surface area contributed by atoms with Crippen LogP contribution in [0.2, 0.25) is 0 Å². The van der Waals surface area contributed by atoms with Gasteiger partial charge in [0, 0.05) is 36.1 Å². The molecule has 2 aromatic heterocycles. The van der Waals surface area contributed by atoms with Crippen LogP contribution in [0.4, 0.5) is 16.3 Å². The van der Waals surface area contributed by atoms with Gasteiger partial charge in [0.05, 0.1) is 17.4 Å². The predicted octanol–water partition coefficient (Wildman–Crippen LogP) is 4.96. The SMILES string of the molecule is C[C@H](N)C(=O)NCc1ccc(-n2nc(C(C)(C)C)cc2NC(=O)Nc2ccc(Oc3ccncc3)cc2)cc1. The number of carbonyl (C=O) groups excluding carboxylic acids is 2. The van der Waals surface area contributed by atoms with Crippen LogP contribution in [0, 0.1) is 0 Å². The summed E-state index contributed by atoms with van der Waals surface area (Å²) in [5.74, 6) is 1.62. The lowest BCUT2D eigenvalue weighted by Gasteiger charge is -2.14. The van der Waals surface area contributed by atoms with E-state index >= 15 is 0 Å². The zero-order valence-electron chi connectivity index (χ0n) is 22.4. The second-order valence-electron chi connectivity index (χ2n) is 10.1. The highest BCUT2D eigenvalue weighted by molar-refractivity contribution is 5.99. The number of urea groups is 1. The second kappa shape index (κ2) is 11.8. The van der Waals surface area contributed by atoms with Crippen molar-refractivity contribution in [3.63, 3.8) is 0 Å². The Kier molecular flexibility index (Phi) is 8.26. The van der Waals surface area contributed by atoms with Gasteiger partial charge in [0.1, 0.15) is 17.3 Å².